The highest BCUT2D eigenvalue weighted by molar-refractivity contribution is 5.97. The summed E-state index contributed by atoms with van der Waals surface area (Å²) in [6.07, 6.45) is 0. The predicted octanol–water partition coefficient (Wildman–Crippen LogP) is 0.0761. The average Bonchev–Trinajstić information content (AvgIpc) is 2.69. The first-order valence-electron chi connectivity index (χ1n) is 5.32. The molecular weight excluding hydrogens is 222 g/mol. The van der Waals surface area contributed by atoms with E-state index in [-0.39, 0.29) is 11.7 Å². The molecule has 0 saturated carbocycles. The number of nitrogens with one attached hydrogen (secondary N) is 1. The lowest BCUT2D eigenvalue weighted by atomic mass is 10.3. The smallest absolute Gasteiger partial charge is 0.270 e. The average molecular weight is 239 g/mol. The summed E-state index contributed by atoms with van der Waals surface area (Å²) in [7, 11) is 0. The molecule has 1 aromatic heterocycles. The number of hydrogen-bond acceptors (Lipinski definition) is 4. The number of nitrogens with zero attached hydrogens (tertiary/aromatic N) is 3. The van der Waals surface area contributed by atoms with E-state index in [4.69, 9.17) is 10.9 Å². The van der Waals surface area contributed by atoms with Crippen molar-refractivity contribution in [2.75, 3.05) is 0 Å². The molecule has 1 atom stereocenters. The molecule has 0 spiro atoms. The van der Waals surface area contributed by atoms with Gasteiger partial charge in [0.15, 0.2) is 5.84 Å². The van der Waals surface area contributed by atoms with Gasteiger partial charge in [-0.1, -0.05) is 5.16 Å². The SMILES string of the molecule is CCn1nc(C)cc1C(=O)NC(C)C(N)=NO. The van der Waals surface area contributed by atoms with Crippen LogP contribution in [-0.4, -0.2) is 32.8 Å². The molecule has 4 N–H and O–H groups in total. The third-order valence-corrected chi connectivity index (χ3v) is 2.34. The number of nitrogens with two attached hydrogens (primary N) is 1. The molecule has 94 valence electrons. The van der Waals surface area contributed by atoms with Gasteiger partial charge in [0.05, 0.1) is 11.7 Å². The van der Waals surface area contributed by atoms with Crippen LogP contribution in [0.15, 0.2) is 11.2 Å². The Morgan fingerprint density at radius 2 is 2.41 bits per heavy atom. The van der Waals surface area contributed by atoms with E-state index in [0.717, 1.165) is 5.69 Å². The van der Waals surface area contributed by atoms with Gasteiger partial charge in [-0.3, -0.25) is 9.48 Å². The molecule has 0 aliphatic carbocycles. The van der Waals surface area contributed by atoms with Gasteiger partial charge >= 0.3 is 0 Å². The number of aromatic nitrogens is 2. The van der Waals surface area contributed by atoms with Crippen LogP contribution in [0.3, 0.4) is 0 Å². The number of aryl methyl sites for hydroxylation is 2. The summed E-state index contributed by atoms with van der Waals surface area (Å²) in [5, 5.41) is 18.1. The molecule has 0 bridgehead atoms. The van der Waals surface area contributed by atoms with Gasteiger partial charge in [-0.05, 0) is 26.8 Å². The second kappa shape index (κ2) is 5.33. The topological polar surface area (TPSA) is 106 Å². The first-order valence-corrected chi connectivity index (χ1v) is 5.32. The van der Waals surface area contributed by atoms with Crippen LogP contribution >= 0.6 is 0 Å². The van der Waals surface area contributed by atoms with Crippen LogP contribution in [0.5, 0.6) is 0 Å². The maximum Gasteiger partial charge on any atom is 0.270 e. The van der Waals surface area contributed by atoms with Gasteiger partial charge in [0.2, 0.25) is 0 Å². The highest BCUT2D eigenvalue weighted by atomic mass is 16.4. The first kappa shape index (κ1) is 13.0. The van der Waals surface area contributed by atoms with E-state index in [1.165, 1.54) is 0 Å². The summed E-state index contributed by atoms with van der Waals surface area (Å²) < 4.78 is 1.60. The fourth-order valence-electron chi connectivity index (χ4n) is 1.40. The van der Waals surface area contributed by atoms with Crippen molar-refractivity contribution in [3.05, 3.63) is 17.5 Å². The second-order valence-corrected chi connectivity index (χ2v) is 3.71. The monoisotopic (exact) mass is 239 g/mol. The molecule has 7 heteroatoms. The maximum absolute atomic E-state index is 11.9. The summed E-state index contributed by atoms with van der Waals surface area (Å²) in [6.45, 7) is 5.95. The highest BCUT2D eigenvalue weighted by Crippen LogP contribution is 2.04. The molecular formula is C10H17N5O2. The number of carbonyl (C=O) groups is 1. The quantitative estimate of drug-likeness (QED) is 0.299. The highest BCUT2D eigenvalue weighted by Gasteiger charge is 2.17. The van der Waals surface area contributed by atoms with Crippen LogP contribution in [0, 0.1) is 6.92 Å². The second-order valence-electron chi connectivity index (χ2n) is 3.71. The van der Waals surface area contributed by atoms with Crippen molar-refractivity contribution < 1.29 is 10.0 Å². The molecule has 0 fully saturated rings. The maximum atomic E-state index is 11.9. The van der Waals surface area contributed by atoms with Crippen LogP contribution in [0.2, 0.25) is 0 Å². The Bertz CT molecular complexity index is 438. The zero-order valence-electron chi connectivity index (χ0n) is 10.1. The van der Waals surface area contributed by atoms with Crippen molar-refractivity contribution in [1.29, 1.82) is 0 Å². The number of carbonyl (C=O) groups excluding carboxylic acids is 1. The Morgan fingerprint density at radius 3 is 2.94 bits per heavy atom. The van der Waals surface area contributed by atoms with Gasteiger partial charge in [-0.25, -0.2) is 0 Å². The first-order chi connectivity index (χ1) is 7.99. The summed E-state index contributed by atoms with van der Waals surface area (Å²) in [4.78, 5) is 11.9. The van der Waals surface area contributed by atoms with Gasteiger partial charge in [-0.15, -0.1) is 0 Å². The van der Waals surface area contributed by atoms with Crippen LogP contribution in [0.4, 0.5) is 0 Å². The lowest BCUT2D eigenvalue weighted by Crippen LogP contribution is -2.43. The Hall–Kier alpha value is -2.05. The summed E-state index contributed by atoms with van der Waals surface area (Å²) in [5.41, 5.74) is 6.61. The van der Waals surface area contributed by atoms with Crippen molar-refractivity contribution >= 4 is 11.7 Å². The molecule has 7 nitrogen and oxygen atoms in total. The van der Waals surface area contributed by atoms with Crippen molar-refractivity contribution in [1.82, 2.24) is 15.1 Å². The standard InChI is InChI=1S/C10H17N5O2/c1-4-15-8(5-6(2)13-15)10(16)12-7(3)9(11)14-17/h5,7,17H,4H2,1-3H3,(H2,11,14)(H,12,16). The minimum Gasteiger partial charge on any atom is -0.409 e. The van der Waals surface area contributed by atoms with Crippen molar-refractivity contribution in [2.45, 2.75) is 33.4 Å². The van der Waals surface area contributed by atoms with Gasteiger partial charge in [0, 0.05) is 6.54 Å². The Morgan fingerprint density at radius 1 is 1.76 bits per heavy atom. The molecule has 1 rings (SSSR count). The van der Waals surface area contributed by atoms with Crippen molar-refractivity contribution in [2.24, 2.45) is 10.9 Å². The van der Waals surface area contributed by atoms with Gasteiger partial charge in [0.1, 0.15) is 5.69 Å². The Kier molecular flexibility index (Phi) is 4.08. The van der Waals surface area contributed by atoms with E-state index in [1.54, 1.807) is 17.7 Å². The van der Waals surface area contributed by atoms with Gasteiger partial charge < -0.3 is 16.3 Å². The van der Waals surface area contributed by atoms with Crippen molar-refractivity contribution in [3.63, 3.8) is 0 Å². The number of oxime groups is 1. The Labute approximate surface area is 99.3 Å². The summed E-state index contributed by atoms with van der Waals surface area (Å²) >= 11 is 0. The van der Waals surface area contributed by atoms with E-state index in [1.807, 2.05) is 13.8 Å². The van der Waals surface area contributed by atoms with E-state index in [0.29, 0.717) is 12.2 Å². The van der Waals surface area contributed by atoms with Crippen molar-refractivity contribution in [3.8, 4) is 0 Å². The molecule has 0 aromatic carbocycles. The van der Waals surface area contributed by atoms with Gasteiger partial charge in [-0.2, -0.15) is 5.10 Å². The number of amides is 1. The summed E-state index contributed by atoms with van der Waals surface area (Å²) in [6, 6.07) is 1.16. The fourth-order valence-corrected chi connectivity index (χ4v) is 1.40. The van der Waals surface area contributed by atoms with Crippen LogP contribution in [0.1, 0.15) is 30.0 Å². The fraction of sp³-hybridized carbons (Fsp3) is 0.500. The van der Waals surface area contributed by atoms with E-state index < -0.39 is 6.04 Å². The number of hydrogen-bond donors (Lipinski definition) is 3. The number of amidine groups is 1. The van der Waals surface area contributed by atoms with Crippen LogP contribution in [-0.2, 0) is 6.54 Å². The molecule has 1 heterocycles. The zero-order chi connectivity index (χ0) is 13.0. The molecule has 0 aliphatic heterocycles. The lowest BCUT2D eigenvalue weighted by molar-refractivity contribution is 0.0938. The third kappa shape index (κ3) is 2.96. The largest absolute Gasteiger partial charge is 0.409 e. The lowest BCUT2D eigenvalue weighted by Gasteiger charge is -2.12. The van der Waals surface area contributed by atoms with Crippen LogP contribution < -0.4 is 11.1 Å². The molecule has 1 aromatic rings. The number of rotatable bonds is 4. The van der Waals surface area contributed by atoms with E-state index >= 15 is 0 Å². The zero-order valence-corrected chi connectivity index (χ0v) is 10.1. The Balaban J connectivity index is 2.83. The van der Waals surface area contributed by atoms with Crippen LogP contribution in [0.25, 0.3) is 0 Å². The molecule has 17 heavy (non-hydrogen) atoms. The molecule has 1 amide bonds. The predicted molar refractivity (Wildman–Crippen MR) is 63.0 cm³/mol. The third-order valence-electron chi connectivity index (χ3n) is 2.34. The molecule has 0 aliphatic rings. The summed E-state index contributed by atoms with van der Waals surface area (Å²) in [5.74, 6) is -0.343. The normalized spacial score (nSPS) is 13.5. The van der Waals surface area contributed by atoms with E-state index in [9.17, 15) is 4.79 Å². The molecule has 1 unspecified atom stereocenters. The molecule has 0 radical (unpaired) electrons. The van der Waals surface area contributed by atoms with Gasteiger partial charge in [0.25, 0.3) is 5.91 Å². The molecule has 0 saturated heterocycles. The minimum atomic E-state index is -0.534. The van der Waals surface area contributed by atoms with E-state index in [2.05, 4.69) is 15.6 Å². The minimum absolute atomic E-state index is 0.0439.